The molecule has 0 radical (unpaired) electrons. The fourth-order valence-electron chi connectivity index (χ4n) is 1.42. The minimum atomic E-state index is 0.838. The summed E-state index contributed by atoms with van der Waals surface area (Å²) in [6.45, 7) is 2.05. The molecule has 0 aliphatic heterocycles. The summed E-state index contributed by atoms with van der Waals surface area (Å²) in [7, 11) is 0. The summed E-state index contributed by atoms with van der Waals surface area (Å²) in [6.07, 6.45) is 0. The lowest BCUT2D eigenvalue weighted by atomic mass is 10.2. The maximum Gasteiger partial charge on any atom is 0.0458 e. The second kappa shape index (κ2) is 4.93. The predicted molar refractivity (Wildman–Crippen MR) is 73.9 cm³/mol. The SMILES string of the molecule is Cc1ccc(Sc2cccc(Br)c2)c(N)c1. The fraction of sp³-hybridized carbons (Fsp3) is 0.0769. The predicted octanol–water partition coefficient (Wildman–Crippen LogP) is 4.49. The molecule has 0 heterocycles. The highest BCUT2D eigenvalue weighted by molar-refractivity contribution is 9.10. The Balaban J connectivity index is 2.27. The van der Waals surface area contributed by atoms with Gasteiger partial charge in [0.15, 0.2) is 0 Å². The van der Waals surface area contributed by atoms with E-state index < -0.39 is 0 Å². The molecule has 0 aliphatic rings. The minimum absolute atomic E-state index is 0.838. The molecule has 16 heavy (non-hydrogen) atoms. The van der Waals surface area contributed by atoms with Crippen LogP contribution in [0.3, 0.4) is 0 Å². The summed E-state index contributed by atoms with van der Waals surface area (Å²) in [6, 6.07) is 14.4. The third kappa shape index (κ3) is 2.80. The van der Waals surface area contributed by atoms with E-state index >= 15 is 0 Å². The topological polar surface area (TPSA) is 26.0 Å². The number of halogens is 1. The van der Waals surface area contributed by atoms with E-state index in [1.807, 2.05) is 25.1 Å². The van der Waals surface area contributed by atoms with Crippen molar-refractivity contribution in [3.63, 3.8) is 0 Å². The van der Waals surface area contributed by atoms with Crippen molar-refractivity contribution in [2.75, 3.05) is 5.73 Å². The number of benzene rings is 2. The number of hydrogen-bond acceptors (Lipinski definition) is 2. The molecular formula is C13H12BrNS. The van der Waals surface area contributed by atoms with Crippen molar-refractivity contribution >= 4 is 33.4 Å². The van der Waals surface area contributed by atoms with Gasteiger partial charge in [0.2, 0.25) is 0 Å². The summed E-state index contributed by atoms with van der Waals surface area (Å²) >= 11 is 5.14. The van der Waals surface area contributed by atoms with E-state index in [0.717, 1.165) is 15.1 Å². The molecule has 1 nitrogen and oxygen atoms in total. The summed E-state index contributed by atoms with van der Waals surface area (Å²) in [5.74, 6) is 0. The Kier molecular flexibility index (Phi) is 3.56. The van der Waals surface area contributed by atoms with Crippen LogP contribution in [0.4, 0.5) is 5.69 Å². The van der Waals surface area contributed by atoms with E-state index in [9.17, 15) is 0 Å². The number of aryl methyl sites for hydroxylation is 1. The van der Waals surface area contributed by atoms with Gasteiger partial charge in [0, 0.05) is 20.0 Å². The summed E-state index contributed by atoms with van der Waals surface area (Å²) in [5, 5.41) is 0. The number of nitrogen functional groups attached to an aromatic ring is 1. The zero-order valence-corrected chi connectivity index (χ0v) is 11.3. The molecule has 0 atom stereocenters. The Morgan fingerprint density at radius 2 is 1.94 bits per heavy atom. The molecule has 2 aromatic rings. The minimum Gasteiger partial charge on any atom is -0.398 e. The Hall–Kier alpha value is -0.930. The van der Waals surface area contributed by atoms with Gasteiger partial charge in [0.25, 0.3) is 0 Å². The van der Waals surface area contributed by atoms with Crippen molar-refractivity contribution in [1.29, 1.82) is 0 Å². The first kappa shape index (κ1) is 11.6. The molecule has 0 saturated heterocycles. The molecule has 2 rings (SSSR count). The van der Waals surface area contributed by atoms with Gasteiger partial charge < -0.3 is 5.73 Å². The number of anilines is 1. The van der Waals surface area contributed by atoms with Gasteiger partial charge in [0.05, 0.1) is 0 Å². The first-order valence-electron chi connectivity index (χ1n) is 4.95. The first-order valence-corrected chi connectivity index (χ1v) is 6.55. The van der Waals surface area contributed by atoms with Crippen molar-refractivity contribution in [2.24, 2.45) is 0 Å². The molecular weight excluding hydrogens is 282 g/mol. The van der Waals surface area contributed by atoms with Gasteiger partial charge >= 0.3 is 0 Å². The molecule has 0 spiro atoms. The quantitative estimate of drug-likeness (QED) is 0.826. The normalized spacial score (nSPS) is 10.4. The van der Waals surface area contributed by atoms with E-state index in [0.29, 0.717) is 0 Å². The van der Waals surface area contributed by atoms with Crippen LogP contribution in [0.25, 0.3) is 0 Å². The van der Waals surface area contributed by atoms with Gasteiger partial charge in [-0.05, 0) is 42.8 Å². The van der Waals surface area contributed by atoms with E-state index in [4.69, 9.17) is 5.73 Å². The molecule has 82 valence electrons. The highest BCUT2D eigenvalue weighted by Gasteiger charge is 2.02. The number of hydrogen-bond donors (Lipinski definition) is 1. The molecule has 2 N–H and O–H groups in total. The molecule has 0 aromatic heterocycles. The van der Waals surface area contributed by atoms with Crippen LogP contribution < -0.4 is 5.73 Å². The summed E-state index contributed by atoms with van der Waals surface area (Å²) in [4.78, 5) is 2.29. The highest BCUT2D eigenvalue weighted by Crippen LogP contribution is 2.33. The van der Waals surface area contributed by atoms with Gasteiger partial charge in [-0.1, -0.05) is 39.8 Å². The standard InChI is InChI=1S/C13H12BrNS/c1-9-5-6-13(12(15)7-9)16-11-4-2-3-10(14)8-11/h2-8H,15H2,1H3. The average molecular weight is 294 g/mol. The highest BCUT2D eigenvalue weighted by atomic mass is 79.9. The zero-order valence-electron chi connectivity index (χ0n) is 8.91. The Bertz CT molecular complexity index is 511. The van der Waals surface area contributed by atoms with Gasteiger partial charge in [-0.2, -0.15) is 0 Å². The lowest BCUT2D eigenvalue weighted by Gasteiger charge is -2.06. The van der Waals surface area contributed by atoms with E-state index in [2.05, 4.69) is 40.2 Å². The van der Waals surface area contributed by atoms with Crippen molar-refractivity contribution < 1.29 is 0 Å². The van der Waals surface area contributed by atoms with Crippen LogP contribution in [0.15, 0.2) is 56.7 Å². The maximum absolute atomic E-state index is 5.97. The van der Waals surface area contributed by atoms with Crippen LogP contribution in [-0.4, -0.2) is 0 Å². The third-order valence-electron chi connectivity index (χ3n) is 2.19. The van der Waals surface area contributed by atoms with Crippen molar-refractivity contribution in [2.45, 2.75) is 16.7 Å². The van der Waals surface area contributed by atoms with Crippen molar-refractivity contribution in [1.82, 2.24) is 0 Å². The van der Waals surface area contributed by atoms with Gasteiger partial charge in [-0.25, -0.2) is 0 Å². The van der Waals surface area contributed by atoms with Gasteiger partial charge in [0.1, 0.15) is 0 Å². The van der Waals surface area contributed by atoms with Crippen LogP contribution in [0.1, 0.15) is 5.56 Å². The van der Waals surface area contributed by atoms with Crippen LogP contribution in [-0.2, 0) is 0 Å². The van der Waals surface area contributed by atoms with E-state index in [1.54, 1.807) is 11.8 Å². The molecule has 0 amide bonds. The van der Waals surface area contributed by atoms with Crippen LogP contribution >= 0.6 is 27.7 Å². The van der Waals surface area contributed by atoms with Gasteiger partial charge in [-0.3, -0.25) is 0 Å². The summed E-state index contributed by atoms with van der Waals surface area (Å²) in [5.41, 5.74) is 8.00. The number of rotatable bonds is 2. The largest absolute Gasteiger partial charge is 0.398 e. The average Bonchev–Trinajstić information content (AvgIpc) is 2.22. The Morgan fingerprint density at radius 1 is 1.12 bits per heavy atom. The first-order chi connectivity index (χ1) is 7.65. The molecule has 0 fully saturated rings. The molecule has 0 unspecified atom stereocenters. The Labute approximate surface area is 108 Å². The molecule has 2 aromatic carbocycles. The second-order valence-corrected chi connectivity index (χ2v) is 5.63. The Morgan fingerprint density at radius 3 is 2.62 bits per heavy atom. The zero-order chi connectivity index (χ0) is 11.5. The molecule has 3 heteroatoms. The fourth-order valence-corrected chi connectivity index (χ4v) is 2.87. The van der Waals surface area contributed by atoms with E-state index in [1.165, 1.54) is 10.5 Å². The lowest BCUT2D eigenvalue weighted by molar-refractivity contribution is 1.36. The smallest absolute Gasteiger partial charge is 0.0458 e. The summed E-state index contributed by atoms with van der Waals surface area (Å²) < 4.78 is 1.09. The third-order valence-corrected chi connectivity index (χ3v) is 3.76. The molecule has 0 bridgehead atoms. The van der Waals surface area contributed by atoms with Gasteiger partial charge in [-0.15, -0.1) is 0 Å². The monoisotopic (exact) mass is 293 g/mol. The van der Waals surface area contributed by atoms with Crippen LogP contribution in [0, 0.1) is 6.92 Å². The van der Waals surface area contributed by atoms with Crippen LogP contribution in [0.2, 0.25) is 0 Å². The molecule has 0 aliphatic carbocycles. The van der Waals surface area contributed by atoms with E-state index in [-0.39, 0.29) is 0 Å². The second-order valence-electron chi connectivity index (χ2n) is 3.60. The van der Waals surface area contributed by atoms with Crippen LogP contribution in [0.5, 0.6) is 0 Å². The maximum atomic E-state index is 5.97. The van der Waals surface area contributed by atoms with Crippen molar-refractivity contribution in [3.8, 4) is 0 Å². The number of nitrogens with two attached hydrogens (primary N) is 1. The lowest BCUT2D eigenvalue weighted by Crippen LogP contribution is -1.89. The van der Waals surface area contributed by atoms with Crippen molar-refractivity contribution in [3.05, 3.63) is 52.5 Å². The molecule has 0 saturated carbocycles.